The fourth-order valence-corrected chi connectivity index (χ4v) is 4.06. The van der Waals surface area contributed by atoms with Gasteiger partial charge >= 0.3 is 5.76 Å². The first-order valence-electron chi connectivity index (χ1n) is 10.1. The molecule has 3 aromatic rings. The highest BCUT2D eigenvalue weighted by molar-refractivity contribution is 5.81. The van der Waals surface area contributed by atoms with Gasteiger partial charge in [-0.05, 0) is 61.3 Å². The fraction of sp³-hybridized carbons (Fsp3) is 0.348. The average Bonchev–Trinajstić information content (AvgIpc) is 3.39. The molecule has 30 heavy (non-hydrogen) atoms. The number of likely N-dealkylation sites (tertiary alicyclic amines) is 1. The summed E-state index contributed by atoms with van der Waals surface area (Å²) in [5, 5.41) is 9.29. The first-order valence-corrected chi connectivity index (χ1v) is 10.1. The third kappa shape index (κ3) is 4.29. The maximum Gasteiger partial charge on any atom is 0.417 e. The first kappa shape index (κ1) is 19.9. The van der Waals surface area contributed by atoms with Crippen molar-refractivity contribution in [2.24, 2.45) is 0 Å². The van der Waals surface area contributed by atoms with Crippen LogP contribution in [0.15, 0.2) is 51.7 Å². The molecule has 1 N–H and O–H groups in total. The van der Waals surface area contributed by atoms with Crippen molar-refractivity contribution in [1.82, 2.24) is 14.8 Å². The number of carbonyl (C=O) groups excluding carboxylic acids is 1. The Bertz CT molecular complexity index is 1150. The Hall–Kier alpha value is -3.37. The van der Waals surface area contributed by atoms with E-state index in [1.165, 1.54) is 12.8 Å². The molecule has 1 saturated heterocycles. The van der Waals surface area contributed by atoms with Crippen LogP contribution in [0.4, 0.5) is 0 Å². The fourth-order valence-electron chi connectivity index (χ4n) is 4.06. The number of rotatable bonds is 6. The number of oxazole rings is 1. The topological polar surface area (TPSA) is 93.3 Å². The van der Waals surface area contributed by atoms with E-state index in [0.29, 0.717) is 16.7 Å². The highest BCUT2D eigenvalue weighted by Gasteiger charge is 2.26. The standard InChI is InChI=1S/C23H24N4O3/c1-26(22(28)13-16-7-8-21-19(12-16)25-23(29)30-21)20(15-27-9-2-3-10-27)18-6-4-5-17(11-18)14-24/h4-8,11-12,20H,2-3,9-10,13,15H2,1H3,(H,25,29). The van der Waals surface area contributed by atoms with Crippen molar-refractivity contribution in [3.63, 3.8) is 0 Å². The van der Waals surface area contributed by atoms with Gasteiger partial charge in [-0.25, -0.2) is 4.79 Å². The van der Waals surface area contributed by atoms with E-state index in [2.05, 4.69) is 16.0 Å². The number of hydrogen-bond donors (Lipinski definition) is 1. The SMILES string of the molecule is CN(C(=O)Cc1ccc2oc(=O)[nH]c2c1)C(CN1CCCC1)c1cccc(C#N)c1. The average molecular weight is 404 g/mol. The van der Waals surface area contributed by atoms with Gasteiger partial charge in [-0.2, -0.15) is 5.26 Å². The number of likely N-dealkylation sites (N-methyl/N-ethyl adjacent to an activating group) is 1. The molecule has 4 rings (SSSR count). The maximum absolute atomic E-state index is 13.1. The zero-order valence-corrected chi connectivity index (χ0v) is 16.9. The van der Waals surface area contributed by atoms with Crippen molar-refractivity contribution < 1.29 is 9.21 Å². The minimum absolute atomic E-state index is 0.0215. The smallest absolute Gasteiger partial charge is 0.408 e. The lowest BCUT2D eigenvalue weighted by atomic mass is 10.0. The number of nitrogens with zero attached hydrogens (tertiary/aromatic N) is 3. The van der Waals surface area contributed by atoms with E-state index in [1.807, 2.05) is 25.2 Å². The monoisotopic (exact) mass is 404 g/mol. The van der Waals surface area contributed by atoms with Gasteiger partial charge in [-0.3, -0.25) is 9.78 Å². The summed E-state index contributed by atoms with van der Waals surface area (Å²) >= 11 is 0. The van der Waals surface area contributed by atoms with Crippen LogP contribution in [0, 0.1) is 11.3 Å². The molecule has 0 bridgehead atoms. The largest absolute Gasteiger partial charge is 0.417 e. The van der Waals surface area contributed by atoms with Crippen molar-refractivity contribution in [2.75, 3.05) is 26.7 Å². The molecule has 2 heterocycles. The van der Waals surface area contributed by atoms with Crippen molar-refractivity contribution in [1.29, 1.82) is 5.26 Å². The molecule has 0 aliphatic carbocycles. The van der Waals surface area contributed by atoms with Gasteiger partial charge in [-0.15, -0.1) is 0 Å². The third-order valence-corrected chi connectivity index (χ3v) is 5.73. The number of fused-ring (bicyclic) bond motifs is 1. The lowest BCUT2D eigenvalue weighted by Gasteiger charge is -2.32. The number of aromatic amines is 1. The summed E-state index contributed by atoms with van der Waals surface area (Å²) in [6.07, 6.45) is 2.56. The summed E-state index contributed by atoms with van der Waals surface area (Å²) in [5.41, 5.74) is 3.43. The van der Waals surface area contributed by atoms with Crippen LogP contribution in [-0.2, 0) is 11.2 Å². The van der Waals surface area contributed by atoms with E-state index in [1.54, 1.807) is 29.2 Å². The number of nitriles is 1. The Morgan fingerprint density at radius 3 is 2.83 bits per heavy atom. The van der Waals surface area contributed by atoms with Gasteiger partial charge in [0.05, 0.1) is 29.6 Å². The number of carbonyl (C=O) groups is 1. The number of nitrogens with one attached hydrogen (secondary N) is 1. The second-order valence-corrected chi connectivity index (χ2v) is 7.79. The van der Waals surface area contributed by atoms with Crippen LogP contribution in [-0.4, -0.2) is 47.4 Å². The normalized spacial score (nSPS) is 15.2. The summed E-state index contributed by atoms with van der Waals surface area (Å²) in [6, 6.07) is 14.8. The van der Waals surface area contributed by atoms with Crippen molar-refractivity contribution in [3.05, 3.63) is 69.7 Å². The molecule has 1 aromatic heterocycles. The highest BCUT2D eigenvalue weighted by atomic mass is 16.4. The molecule has 154 valence electrons. The molecular formula is C23H24N4O3. The van der Waals surface area contributed by atoms with Gasteiger partial charge in [0.15, 0.2) is 5.58 Å². The minimum Gasteiger partial charge on any atom is -0.408 e. The van der Waals surface area contributed by atoms with Crippen LogP contribution in [0.2, 0.25) is 0 Å². The zero-order valence-electron chi connectivity index (χ0n) is 16.9. The Labute approximate surface area is 174 Å². The summed E-state index contributed by atoms with van der Waals surface area (Å²) in [5.74, 6) is -0.527. The van der Waals surface area contributed by atoms with Crippen molar-refractivity contribution in [2.45, 2.75) is 25.3 Å². The maximum atomic E-state index is 13.1. The lowest BCUT2D eigenvalue weighted by molar-refractivity contribution is -0.131. The molecule has 1 aliphatic rings. The molecule has 1 aliphatic heterocycles. The Morgan fingerprint density at radius 1 is 1.27 bits per heavy atom. The molecule has 1 amide bonds. The Morgan fingerprint density at radius 2 is 2.07 bits per heavy atom. The van der Waals surface area contributed by atoms with E-state index in [4.69, 9.17) is 4.42 Å². The summed E-state index contributed by atoms with van der Waals surface area (Å²) in [4.78, 5) is 31.3. The third-order valence-electron chi connectivity index (χ3n) is 5.73. The number of amides is 1. The van der Waals surface area contributed by atoms with Crippen LogP contribution in [0.5, 0.6) is 0 Å². The van der Waals surface area contributed by atoms with E-state index in [9.17, 15) is 14.9 Å². The van der Waals surface area contributed by atoms with Gasteiger partial charge in [-0.1, -0.05) is 18.2 Å². The number of hydrogen-bond acceptors (Lipinski definition) is 5. The van der Waals surface area contributed by atoms with Gasteiger partial charge in [0.2, 0.25) is 5.91 Å². The van der Waals surface area contributed by atoms with E-state index in [0.717, 1.165) is 30.8 Å². The highest BCUT2D eigenvalue weighted by Crippen LogP contribution is 2.25. The summed E-state index contributed by atoms with van der Waals surface area (Å²) < 4.78 is 5.03. The van der Waals surface area contributed by atoms with Crippen LogP contribution in [0.1, 0.15) is 35.6 Å². The van der Waals surface area contributed by atoms with E-state index in [-0.39, 0.29) is 18.4 Å². The van der Waals surface area contributed by atoms with E-state index >= 15 is 0 Å². The molecule has 0 radical (unpaired) electrons. The molecule has 0 spiro atoms. The quantitative estimate of drug-likeness (QED) is 0.682. The molecule has 7 nitrogen and oxygen atoms in total. The van der Waals surface area contributed by atoms with E-state index < -0.39 is 5.76 Å². The van der Waals surface area contributed by atoms with Gasteiger partial charge < -0.3 is 14.2 Å². The molecule has 1 fully saturated rings. The molecule has 1 atom stereocenters. The Kier molecular flexibility index (Phi) is 5.68. The predicted octanol–water partition coefficient (Wildman–Crippen LogP) is 2.83. The second-order valence-electron chi connectivity index (χ2n) is 7.79. The molecular weight excluding hydrogens is 380 g/mol. The molecule has 2 aromatic carbocycles. The molecule has 7 heteroatoms. The van der Waals surface area contributed by atoms with Crippen molar-refractivity contribution >= 4 is 17.0 Å². The predicted molar refractivity (Wildman–Crippen MR) is 113 cm³/mol. The van der Waals surface area contributed by atoms with Gasteiger partial charge in [0.1, 0.15) is 0 Å². The number of H-pyrrole nitrogens is 1. The van der Waals surface area contributed by atoms with Crippen LogP contribution in [0.3, 0.4) is 0 Å². The van der Waals surface area contributed by atoms with Gasteiger partial charge in [0.25, 0.3) is 0 Å². The second kappa shape index (κ2) is 8.56. The van der Waals surface area contributed by atoms with Crippen LogP contribution >= 0.6 is 0 Å². The number of benzene rings is 2. The minimum atomic E-state index is -0.506. The van der Waals surface area contributed by atoms with Crippen molar-refractivity contribution in [3.8, 4) is 6.07 Å². The summed E-state index contributed by atoms with van der Waals surface area (Å²) in [7, 11) is 1.82. The zero-order chi connectivity index (χ0) is 21.1. The molecule has 0 saturated carbocycles. The lowest BCUT2D eigenvalue weighted by Crippen LogP contribution is -2.39. The Balaban J connectivity index is 1.56. The number of aromatic nitrogens is 1. The summed E-state index contributed by atoms with van der Waals surface area (Å²) in [6.45, 7) is 2.80. The van der Waals surface area contributed by atoms with Gasteiger partial charge in [0, 0.05) is 13.6 Å². The first-order chi connectivity index (χ1) is 14.5. The molecule has 1 unspecified atom stereocenters. The van der Waals surface area contributed by atoms with Crippen LogP contribution < -0.4 is 5.76 Å². The van der Waals surface area contributed by atoms with Crippen LogP contribution in [0.25, 0.3) is 11.1 Å².